The Kier molecular flexibility index (Phi) is 27.5. The van der Waals surface area contributed by atoms with E-state index in [1.54, 1.807) is 0 Å². The lowest BCUT2D eigenvalue weighted by Gasteiger charge is -2.26. The molecule has 1 fully saturated rings. The first-order valence-electron chi connectivity index (χ1n) is 18.3. The predicted octanol–water partition coefficient (Wildman–Crippen LogP) is 10.3. The van der Waals surface area contributed by atoms with Crippen LogP contribution in [0.5, 0.6) is 0 Å². The molecule has 0 aromatic carbocycles. The lowest BCUT2D eigenvalue weighted by atomic mass is 10.0. The van der Waals surface area contributed by atoms with Gasteiger partial charge in [0.05, 0.1) is 6.61 Å². The zero-order chi connectivity index (χ0) is 31.4. The van der Waals surface area contributed by atoms with E-state index in [1.807, 2.05) is 0 Å². The van der Waals surface area contributed by atoms with E-state index in [1.165, 1.54) is 128 Å². The summed E-state index contributed by atoms with van der Waals surface area (Å²) in [5.41, 5.74) is 0. The van der Waals surface area contributed by atoms with E-state index in [-0.39, 0.29) is 13.2 Å². The summed E-state index contributed by atoms with van der Waals surface area (Å²) in [6.07, 6.45) is 29.6. The van der Waals surface area contributed by atoms with Gasteiger partial charge >= 0.3 is 0 Å². The van der Waals surface area contributed by atoms with Crippen LogP contribution in [0, 0.1) is 0 Å². The van der Waals surface area contributed by atoms with Crippen molar-refractivity contribution in [2.45, 2.75) is 205 Å². The zero-order valence-electron chi connectivity index (χ0n) is 28.0. The van der Waals surface area contributed by atoms with Gasteiger partial charge in [0, 0.05) is 12.8 Å². The molecule has 1 heterocycles. The number of thiocarbonyl (C=S) groups is 2. The molecule has 0 aromatic heterocycles. The molecule has 1 rings (SSSR count). The number of hydrogen-bond donors (Lipinski definition) is 2. The lowest BCUT2D eigenvalue weighted by Crippen LogP contribution is -2.43. The molecule has 1 saturated heterocycles. The van der Waals surface area contributed by atoms with Crippen LogP contribution in [-0.2, 0) is 14.2 Å². The second kappa shape index (κ2) is 29.1. The van der Waals surface area contributed by atoms with E-state index in [4.69, 9.17) is 38.6 Å². The first-order valence-corrected chi connectivity index (χ1v) is 19.1. The van der Waals surface area contributed by atoms with E-state index < -0.39 is 24.4 Å². The van der Waals surface area contributed by atoms with E-state index in [9.17, 15) is 10.2 Å². The average Bonchev–Trinajstić information content (AvgIpc) is 3.36. The van der Waals surface area contributed by atoms with Crippen LogP contribution in [-0.4, -0.2) is 57.9 Å². The highest BCUT2D eigenvalue weighted by molar-refractivity contribution is 7.80. The minimum atomic E-state index is -0.934. The maximum absolute atomic E-state index is 10.7. The van der Waals surface area contributed by atoms with E-state index in [0.717, 1.165) is 32.1 Å². The van der Waals surface area contributed by atoms with E-state index >= 15 is 0 Å². The van der Waals surface area contributed by atoms with Gasteiger partial charge in [-0.3, -0.25) is 0 Å². The highest BCUT2D eigenvalue weighted by Crippen LogP contribution is 2.23. The van der Waals surface area contributed by atoms with Gasteiger partial charge in [0.1, 0.15) is 24.9 Å². The van der Waals surface area contributed by atoms with Crippen LogP contribution in [0.2, 0.25) is 0 Å². The van der Waals surface area contributed by atoms with Crippen LogP contribution in [0.4, 0.5) is 0 Å². The van der Waals surface area contributed by atoms with Crippen molar-refractivity contribution in [3.05, 3.63) is 0 Å². The summed E-state index contributed by atoms with van der Waals surface area (Å²) in [5.74, 6) is 0. The molecule has 0 unspecified atom stereocenters. The lowest BCUT2D eigenvalue weighted by molar-refractivity contribution is -0.0620. The first kappa shape index (κ1) is 40.7. The fourth-order valence-electron chi connectivity index (χ4n) is 5.87. The Bertz CT molecular complexity index is 662. The summed E-state index contributed by atoms with van der Waals surface area (Å²) in [5, 5.41) is 22.1. The van der Waals surface area contributed by atoms with Gasteiger partial charge in [-0.05, 0) is 37.3 Å². The molecular formula is C36H68O5S2. The van der Waals surface area contributed by atoms with Crippen LogP contribution in [0.15, 0.2) is 0 Å². The number of ether oxygens (including phenoxy) is 3. The van der Waals surface area contributed by atoms with Crippen molar-refractivity contribution in [1.29, 1.82) is 0 Å². The van der Waals surface area contributed by atoms with Crippen LogP contribution >= 0.6 is 24.4 Å². The largest absolute Gasteiger partial charge is 0.484 e. The minimum absolute atomic E-state index is 0.0415. The molecule has 0 aromatic rings. The normalized spacial score (nSPS) is 19.0. The maximum Gasteiger partial charge on any atom is 0.160 e. The van der Waals surface area contributed by atoms with Crippen molar-refractivity contribution in [2.24, 2.45) is 0 Å². The van der Waals surface area contributed by atoms with Crippen molar-refractivity contribution in [3.63, 3.8) is 0 Å². The fraction of sp³-hybridized carbons (Fsp3) is 0.944. The van der Waals surface area contributed by atoms with Gasteiger partial charge < -0.3 is 24.4 Å². The Morgan fingerprint density at radius 1 is 0.628 bits per heavy atom. The molecule has 7 heteroatoms. The van der Waals surface area contributed by atoms with Crippen molar-refractivity contribution in [1.82, 2.24) is 0 Å². The molecule has 1 aliphatic heterocycles. The molecule has 2 N–H and O–H groups in total. The van der Waals surface area contributed by atoms with Gasteiger partial charge in [0.25, 0.3) is 0 Å². The molecule has 0 spiro atoms. The summed E-state index contributed by atoms with van der Waals surface area (Å²) in [4.78, 5) is 0. The summed E-state index contributed by atoms with van der Waals surface area (Å²) in [6.45, 7) is 4.69. The standard InChI is InChI=1S/C36H68O5S2/c1-3-5-7-9-11-13-15-17-19-21-23-25-27-33(42)39-29-31(37)35-36(32(38)30-40-35)41-34(43)28-26-24-22-20-18-16-14-12-10-8-6-4-2/h31-32,35-38H,3-30H2,1-2H3/t31-,32+,35+,36+/m0/s1. The van der Waals surface area contributed by atoms with Crippen molar-refractivity contribution in [3.8, 4) is 0 Å². The molecule has 254 valence electrons. The predicted molar refractivity (Wildman–Crippen MR) is 189 cm³/mol. The van der Waals surface area contributed by atoms with Crippen LogP contribution in [0.1, 0.15) is 181 Å². The molecule has 4 atom stereocenters. The van der Waals surface area contributed by atoms with E-state index in [0.29, 0.717) is 16.5 Å². The number of hydrogen-bond acceptors (Lipinski definition) is 7. The highest BCUT2D eigenvalue weighted by atomic mass is 32.1. The Hall–Kier alpha value is -0.340. The second-order valence-electron chi connectivity index (χ2n) is 12.8. The number of aliphatic hydroxyl groups excluding tert-OH is 2. The second-order valence-corrected chi connectivity index (χ2v) is 13.8. The molecule has 0 bridgehead atoms. The topological polar surface area (TPSA) is 68.2 Å². The monoisotopic (exact) mass is 644 g/mol. The summed E-state index contributed by atoms with van der Waals surface area (Å²) in [6, 6.07) is 0. The quantitative estimate of drug-likeness (QED) is 0.0596. The zero-order valence-corrected chi connectivity index (χ0v) is 29.7. The molecule has 0 radical (unpaired) electrons. The molecule has 0 amide bonds. The van der Waals surface area contributed by atoms with Crippen molar-refractivity contribution >= 4 is 34.5 Å². The Morgan fingerprint density at radius 2 is 1.00 bits per heavy atom. The van der Waals surface area contributed by atoms with Crippen LogP contribution in [0.3, 0.4) is 0 Å². The third-order valence-corrected chi connectivity index (χ3v) is 9.32. The smallest absolute Gasteiger partial charge is 0.160 e. The van der Waals surface area contributed by atoms with Gasteiger partial charge in [-0.25, -0.2) is 0 Å². The van der Waals surface area contributed by atoms with Crippen LogP contribution < -0.4 is 0 Å². The molecule has 43 heavy (non-hydrogen) atoms. The fourth-order valence-corrected chi connectivity index (χ4v) is 6.34. The summed E-state index contributed by atoms with van der Waals surface area (Å²) >= 11 is 10.9. The summed E-state index contributed by atoms with van der Waals surface area (Å²) in [7, 11) is 0. The summed E-state index contributed by atoms with van der Waals surface area (Å²) < 4.78 is 17.3. The third kappa shape index (κ3) is 22.8. The average molecular weight is 645 g/mol. The van der Waals surface area contributed by atoms with Crippen LogP contribution in [0.25, 0.3) is 0 Å². The van der Waals surface area contributed by atoms with Crippen molar-refractivity contribution < 1.29 is 24.4 Å². The number of rotatable bonds is 30. The van der Waals surface area contributed by atoms with Gasteiger partial charge in [0.15, 0.2) is 16.2 Å². The highest BCUT2D eigenvalue weighted by Gasteiger charge is 2.43. The first-order chi connectivity index (χ1) is 21.0. The SMILES string of the molecule is CCCCCCCCCCCCCCC(=S)OC[C@H](O)[C@H]1OC[C@@H](O)[C@H]1OC(=S)CCCCCCCCCCCCCC. The molecule has 5 nitrogen and oxygen atoms in total. The molecule has 0 saturated carbocycles. The van der Waals surface area contributed by atoms with Gasteiger partial charge in [-0.15, -0.1) is 0 Å². The van der Waals surface area contributed by atoms with Crippen molar-refractivity contribution in [2.75, 3.05) is 13.2 Å². The van der Waals surface area contributed by atoms with Gasteiger partial charge in [-0.1, -0.05) is 155 Å². The number of aliphatic hydroxyl groups is 2. The number of unbranched alkanes of at least 4 members (excludes halogenated alkanes) is 22. The maximum atomic E-state index is 10.7. The molecule has 1 aliphatic rings. The molecule has 0 aliphatic carbocycles. The Morgan fingerprint density at radius 3 is 1.42 bits per heavy atom. The van der Waals surface area contributed by atoms with E-state index in [2.05, 4.69) is 13.8 Å². The Balaban J connectivity index is 2.07. The van der Waals surface area contributed by atoms with Gasteiger partial charge in [0.2, 0.25) is 0 Å². The third-order valence-electron chi connectivity index (χ3n) is 8.69. The Labute approximate surface area is 276 Å². The van der Waals surface area contributed by atoms with Gasteiger partial charge in [-0.2, -0.15) is 0 Å². The molecular weight excluding hydrogens is 577 g/mol. The minimum Gasteiger partial charge on any atom is -0.484 e.